The minimum atomic E-state index is -2.99. The van der Waals surface area contributed by atoms with Gasteiger partial charge in [-0.1, -0.05) is 29.5 Å². The molecule has 11 heteroatoms. The number of sulfone groups is 1. The van der Waals surface area contributed by atoms with E-state index in [2.05, 4.69) is 31.7 Å². The Morgan fingerprint density at radius 2 is 1.87 bits per heavy atom. The van der Waals surface area contributed by atoms with Crippen LogP contribution >= 0.6 is 11.3 Å². The van der Waals surface area contributed by atoms with E-state index < -0.39 is 9.84 Å². The molecule has 39 heavy (non-hydrogen) atoms. The second kappa shape index (κ2) is 11.4. The van der Waals surface area contributed by atoms with Gasteiger partial charge >= 0.3 is 0 Å². The number of ether oxygens (including phenoxy) is 1. The largest absolute Gasteiger partial charge is 0.455 e. The number of hydrogen-bond donors (Lipinski definition) is 2. The second-order valence-electron chi connectivity index (χ2n) is 9.24. The van der Waals surface area contributed by atoms with Gasteiger partial charge in [0.15, 0.2) is 5.82 Å². The van der Waals surface area contributed by atoms with Crippen LogP contribution in [0.2, 0.25) is 0 Å². The van der Waals surface area contributed by atoms with Crippen LogP contribution in [0.25, 0.3) is 20.9 Å². The molecule has 0 atom stereocenters. The fraction of sp³-hybridized carbons (Fsp3) is 0.214. The highest BCUT2D eigenvalue weighted by atomic mass is 32.2. The standard InChI is InChI=1S/C28H28N6O3S2/c1-18-13-22(8-10-24(18)37-23-9-7-19(2)30-16-23)33-26-25-28(32-17-31-26)38-27(34-25)21-6-4-5-20(14-21)15-29-11-12-39(3,35)36/h4-10,13-14,16-17,29H,11-12,15H2,1-3H3,(H,31,32,33). The Balaban J connectivity index is 1.32. The SMILES string of the molecule is Cc1ccc(Oc2ccc(Nc3ncnc4sc(-c5cccc(CNCCS(C)(=O)=O)c5)nc34)cc2C)cn1. The molecule has 0 aliphatic rings. The zero-order valence-corrected chi connectivity index (χ0v) is 23.4. The number of aryl methyl sites for hydroxylation is 2. The summed E-state index contributed by atoms with van der Waals surface area (Å²) >= 11 is 1.50. The van der Waals surface area contributed by atoms with Crippen LogP contribution in [0.3, 0.4) is 0 Å². The number of anilines is 2. The minimum Gasteiger partial charge on any atom is -0.455 e. The van der Waals surface area contributed by atoms with Gasteiger partial charge < -0.3 is 15.4 Å². The number of benzene rings is 2. The Bertz CT molecular complexity index is 1720. The molecule has 0 bridgehead atoms. The molecule has 3 aromatic heterocycles. The van der Waals surface area contributed by atoms with Crippen molar-refractivity contribution in [2.45, 2.75) is 20.4 Å². The maximum absolute atomic E-state index is 11.3. The smallest absolute Gasteiger partial charge is 0.161 e. The van der Waals surface area contributed by atoms with Crippen molar-refractivity contribution in [3.05, 3.63) is 83.9 Å². The maximum Gasteiger partial charge on any atom is 0.161 e. The molecule has 0 aliphatic heterocycles. The first-order valence-corrected chi connectivity index (χ1v) is 15.2. The molecule has 200 valence electrons. The molecule has 0 spiro atoms. The van der Waals surface area contributed by atoms with E-state index in [0.29, 0.717) is 30.2 Å². The van der Waals surface area contributed by atoms with E-state index in [-0.39, 0.29) is 5.75 Å². The third-order valence-electron chi connectivity index (χ3n) is 5.90. The van der Waals surface area contributed by atoms with Crippen molar-refractivity contribution in [1.82, 2.24) is 25.3 Å². The number of nitrogens with one attached hydrogen (secondary N) is 2. The Labute approximate surface area is 231 Å². The first-order valence-electron chi connectivity index (χ1n) is 12.3. The molecule has 0 saturated heterocycles. The van der Waals surface area contributed by atoms with Gasteiger partial charge in [0.2, 0.25) is 0 Å². The third kappa shape index (κ3) is 6.94. The minimum absolute atomic E-state index is 0.110. The second-order valence-corrected chi connectivity index (χ2v) is 12.5. The van der Waals surface area contributed by atoms with Gasteiger partial charge in [-0.15, -0.1) is 0 Å². The molecule has 0 unspecified atom stereocenters. The molecule has 5 aromatic rings. The van der Waals surface area contributed by atoms with Crippen LogP contribution in [0.15, 0.2) is 67.1 Å². The van der Waals surface area contributed by atoms with Gasteiger partial charge in [-0.3, -0.25) is 4.98 Å². The van der Waals surface area contributed by atoms with E-state index in [0.717, 1.165) is 43.7 Å². The lowest BCUT2D eigenvalue weighted by Crippen LogP contribution is -2.21. The summed E-state index contributed by atoms with van der Waals surface area (Å²) in [4.78, 5) is 18.8. The monoisotopic (exact) mass is 560 g/mol. The molecule has 0 saturated carbocycles. The fourth-order valence-electron chi connectivity index (χ4n) is 3.89. The molecular weight excluding hydrogens is 532 g/mol. The highest BCUT2D eigenvalue weighted by Crippen LogP contribution is 2.34. The van der Waals surface area contributed by atoms with Crippen molar-refractivity contribution in [3.8, 4) is 22.1 Å². The van der Waals surface area contributed by atoms with Crippen molar-refractivity contribution in [1.29, 1.82) is 0 Å². The van der Waals surface area contributed by atoms with Crippen LogP contribution in [-0.2, 0) is 16.4 Å². The summed E-state index contributed by atoms with van der Waals surface area (Å²) < 4.78 is 28.7. The lowest BCUT2D eigenvalue weighted by Gasteiger charge is -2.11. The Morgan fingerprint density at radius 3 is 2.64 bits per heavy atom. The van der Waals surface area contributed by atoms with Crippen LogP contribution in [0.4, 0.5) is 11.5 Å². The van der Waals surface area contributed by atoms with Gasteiger partial charge in [-0.2, -0.15) is 0 Å². The van der Waals surface area contributed by atoms with Crippen LogP contribution < -0.4 is 15.4 Å². The van der Waals surface area contributed by atoms with E-state index >= 15 is 0 Å². The van der Waals surface area contributed by atoms with E-state index in [1.807, 2.05) is 62.4 Å². The highest BCUT2D eigenvalue weighted by molar-refractivity contribution is 7.90. The van der Waals surface area contributed by atoms with Crippen LogP contribution in [0, 0.1) is 13.8 Å². The topological polar surface area (TPSA) is 119 Å². The van der Waals surface area contributed by atoms with Crippen LogP contribution in [-0.4, -0.2) is 46.9 Å². The molecular formula is C28H28N6O3S2. The zero-order valence-electron chi connectivity index (χ0n) is 21.8. The first-order chi connectivity index (χ1) is 18.7. The first kappa shape index (κ1) is 26.7. The van der Waals surface area contributed by atoms with Crippen molar-refractivity contribution < 1.29 is 13.2 Å². The van der Waals surface area contributed by atoms with E-state index in [9.17, 15) is 8.42 Å². The Kier molecular flexibility index (Phi) is 7.82. The number of aromatic nitrogens is 4. The lowest BCUT2D eigenvalue weighted by atomic mass is 10.1. The quantitative estimate of drug-likeness (QED) is 0.215. The zero-order chi connectivity index (χ0) is 27.4. The third-order valence-corrected chi connectivity index (χ3v) is 7.86. The molecule has 0 aliphatic carbocycles. The predicted molar refractivity (Wildman–Crippen MR) is 156 cm³/mol. The van der Waals surface area contributed by atoms with Gasteiger partial charge in [0.05, 0.1) is 11.9 Å². The molecule has 2 aromatic carbocycles. The lowest BCUT2D eigenvalue weighted by molar-refractivity contribution is 0.476. The molecule has 0 amide bonds. The molecule has 9 nitrogen and oxygen atoms in total. The number of fused-ring (bicyclic) bond motifs is 1. The predicted octanol–water partition coefficient (Wildman–Crippen LogP) is 5.44. The Hall–Kier alpha value is -3.93. The summed E-state index contributed by atoms with van der Waals surface area (Å²) in [6.07, 6.45) is 4.48. The summed E-state index contributed by atoms with van der Waals surface area (Å²) in [6, 6.07) is 17.7. The molecule has 5 rings (SSSR count). The molecule has 3 heterocycles. The van der Waals surface area contributed by atoms with Gasteiger partial charge in [0.1, 0.15) is 43.0 Å². The average Bonchev–Trinajstić information content (AvgIpc) is 3.35. The highest BCUT2D eigenvalue weighted by Gasteiger charge is 2.14. The van der Waals surface area contributed by atoms with Crippen molar-refractivity contribution in [2.75, 3.05) is 23.9 Å². The molecule has 0 radical (unpaired) electrons. The average molecular weight is 561 g/mol. The Morgan fingerprint density at radius 1 is 1.00 bits per heavy atom. The number of thiazole rings is 1. The molecule has 0 fully saturated rings. The van der Waals surface area contributed by atoms with Crippen molar-refractivity contribution >= 4 is 43.0 Å². The van der Waals surface area contributed by atoms with Gasteiger partial charge in [0.25, 0.3) is 0 Å². The number of rotatable bonds is 10. The summed E-state index contributed by atoms with van der Waals surface area (Å²) in [7, 11) is -2.99. The van der Waals surface area contributed by atoms with E-state index in [4.69, 9.17) is 9.72 Å². The number of pyridine rings is 1. The van der Waals surface area contributed by atoms with Crippen LogP contribution in [0.5, 0.6) is 11.5 Å². The van der Waals surface area contributed by atoms with Crippen molar-refractivity contribution in [2.24, 2.45) is 0 Å². The summed E-state index contributed by atoms with van der Waals surface area (Å²) in [5.41, 5.74) is 5.47. The summed E-state index contributed by atoms with van der Waals surface area (Å²) in [6.45, 7) is 4.90. The maximum atomic E-state index is 11.3. The normalized spacial score (nSPS) is 11.6. The van der Waals surface area contributed by atoms with Crippen molar-refractivity contribution in [3.63, 3.8) is 0 Å². The van der Waals surface area contributed by atoms with Gasteiger partial charge in [-0.25, -0.2) is 23.4 Å². The van der Waals surface area contributed by atoms with Gasteiger partial charge in [0, 0.05) is 36.3 Å². The van der Waals surface area contributed by atoms with Gasteiger partial charge in [-0.05, 0) is 61.4 Å². The van der Waals surface area contributed by atoms with E-state index in [1.165, 1.54) is 23.9 Å². The fourth-order valence-corrected chi connectivity index (χ4v) is 5.31. The number of hydrogen-bond acceptors (Lipinski definition) is 10. The van der Waals surface area contributed by atoms with E-state index in [1.54, 1.807) is 6.20 Å². The van der Waals surface area contributed by atoms with Crippen LogP contribution in [0.1, 0.15) is 16.8 Å². The summed E-state index contributed by atoms with van der Waals surface area (Å²) in [5, 5.41) is 7.39. The molecule has 2 N–H and O–H groups in total. The summed E-state index contributed by atoms with van der Waals surface area (Å²) in [5.74, 6) is 2.17. The number of nitrogens with zero attached hydrogens (tertiary/aromatic N) is 4.